The Kier molecular flexibility index (Phi) is 8.01. The van der Waals surface area contributed by atoms with Crippen molar-refractivity contribution in [3.63, 3.8) is 0 Å². The predicted octanol–water partition coefficient (Wildman–Crippen LogP) is 4.00. The molecule has 1 rings (SSSR count). The second-order valence-corrected chi connectivity index (χ2v) is 9.12. The van der Waals surface area contributed by atoms with Crippen LogP contribution in [0.4, 0.5) is 0 Å². The predicted molar refractivity (Wildman–Crippen MR) is 107 cm³/mol. The highest BCUT2D eigenvalue weighted by molar-refractivity contribution is 5.69. The third-order valence-electron chi connectivity index (χ3n) is 4.06. The van der Waals surface area contributed by atoms with E-state index in [2.05, 4.69) is 32.2 Å². The van der Waals surface area contributed by atoms with Crippen LogP contribution < -0.4 is 5.32 Å². The standard InChI is InChI=1S/C22H34N2O3/c1-20(2,3)24-22(12-11-19(25)26-7,16-27-21(4,5)6)14-17-9-8-10-18(13-17)15-23/h8-10,13,24H,11-12,14,16H2,1-7H3/t22-/m1/s1. The zero-order valence-electron chi connectivity index (χ0n) is 17.8. The van der Waals surface area contributed by atoms with Crippen LogP contribution in [-0.4, -0.2) is 36.4 Å². The average molecular weight is 375 g/mol. The van der Waals surface area contributed by atoms with Gasteiger partial charge in [0.05, 0.1) is 31.0 Å². The molecule has 0 saturated heterocycles. The number of carbonyl (C=O) groups is 1. The van der Waals surface area contributed by atoms with E-state index in [0.717, 1.165) is 5.56 Å². The van der Waals surface area contributed by atoms with Crippen molar-refractivity contribution in [3.8, 4) is 6.07 Å². The number of nitriles is 1. The fraction of sp³-hybridized carbons (Fsp3) is 0.636. The van der Waals surface area contributed by atoms with E-state index in [-0.39, 0.29) is 17.1 Å². The zero-order chi connectivity index (χ0) is 20.7. The quantitative estimate of drug-likeness (QED) is 0.697. The number of hydrogen-bond acceptors (Lipinski definition) is 5. The summed E-state index contributed by atoms with van der Waals surface area (Å²) in [4.78, 5) is 11.8. The van der Waals surface area contributed by atoms with Gasteiger partial charge in [-0.1, -0.05) is 12.1 Å². The Morgan fingerprint density at radius 1 is 1.19 bits per heavy atom. The summed E-state index contributed by atoms with van der Waals surface area (Å²) in [5, 5.41) is 12.9. The zero-order valence-corrected chi connectivity index (χ0v) is 17.8. The molecule has 5 nitrogen and oxygen atoms in total. The van der Waals surface area contributed by atoms with Gasteiger partial charge in [0, 0.05) is 17.5 Å². The number of benzene rings is 1. The first-order chi connectivity index (χ1) is 12.4. The van der Waals surface area contributed by atoms with E-state index in [1.54, 1.807) is 6.07 Å². The second kappa shape index (κ2) is 9.34. The molecule has 0 saturated carbocycles. The van der Waals surface area contributed by atoms with Crippen LogP contribution in [0.25, 0.3) is 0 Å². The number of ether oxygens (including phenoxy) is 2. The first-order valence-corrected chi connectivity index (χ1v) is 9.37. The number of esters is 1. The van der Waals surface area contributed by atoms with Crippen molar-refractivity contribution in [1.82, 2.24) is 5.32 Å². The lowest BCUT2D eigenvalue weighted by molar-refractivity contribution is -0.141. The van der Waals surface area contributed by atoms with E-state index in [4.69, 9.17) is 9.47 Å². The summed E-state index contributed by atoms with van der Waals surface area (Å²) in [6.45, 7) is 12.8. The number of hydrogen-bond donors (Lipinski definition) is 1. The molecule has 1 aromatic carbocycles. The minimum atomic E-state index is -0.464. The van der Waals surface area contributed by atoms with Gasteiger partial charge in [-0.25, -0.2) is 0 Å². The molecule has 0 heterocycles. The molecule has 5 heteroatoms. The molecular weight excluding hydrogens is 340 g/mol. The van der Waals surface area contributed by atoms with Gasteiger partial charge in [-0.05, 0) is 72.1 Å². The molecule has 0 aliphatic carbocycles. The summed E-state index contributed by atoms with van der Waals surface area (Å²) in [5.41, 5.74) is 0.720. The van der Waals surface area contributed by atoms with Gasteiger partial charge in [0.2, 0.25) is 0 Å². The summed E-state index contributed by atoms with van der Waals surface area (Å²) < 4.78 is 11.0. The average Bonchev–Trinajstić information content (AvgIpc) is 2.56. The van der Waals surface area contributed by atoms with Gasteiger partial charge in [-0.3, -0.25) is 4.79 Å². The highest BCUT2D eigenvalue weighted by Gasteiger charge is 2.36. The fourth-order valence-corrected chi connectivity index (χ4v) is 3.09. The molecule has 0 aromatic heterocycles. The Morgan fingerprint density at radius 2 is 1.85 bits per heavy atom. The van der Waals surface area contributed by atoms with Crippen molar-refractivity contribution in [3.05, 3.63) is 35.4 Å². The highest BCUT2D eigenvalue weighted by Crippen LogP contribution is 2.26. The Balaban J connectivity index is 3.24. The normalized spacial score (nSPS) is 14.3. The van der Waals surface area contributed by atoms with Crippen LogP contribution in [0, 0.1) is 11.3 Å². The van der Waals surface area contributed by atoms with Crippen molar-refractivity contribution in [2.24, 2.45) is 0 Å². The molecule has 0 aliphatic rings. The third-order valence-corrected chi connectivity index (χ3v) is 4.06. The first-order valence-electron chi connectivity index (χ1n) is 9.37. The molecule has 0 spiro atoms. The van der Waals surface area contributed by atoms with Crippen LogP contribution in [0.5, 0.6) is 0 Å². The van der Waals surface area contributed by atoms with Crippen LogP contribution >= 0.6 is 0 Å². The van der Waals surface area contributed by atoms with Gasteiger partial charge in [0.25, 0.3) is 0 Å². The van der Waals surface area contributed by atoms with E-state index < -0.39 is 5.54 Å². The maximum absolute atomic E-state index is 11.8. The van der Waals surface area contributed by atoms with Crippen molar-refractivity contribution in [2.45, 2.75) is 77.5 Å². The van der Waals surface area contributed by atoms with Crippen molar-refractivity contribution < 1.29 is 14.3 Å². The molecule has 27 heavy (non-hydrogen) atoms. The molecular formula is C22H34N2O3. The van der Waals surface area contributed by atoms with Crippen LogP contribution in [0.1, 0.15) is 65.5 Å². The van der Waals surface area contributed by atoms with Crippen LogP contribution in [0.15, 0.2) is 24.3 Å². The fourth-order valence-electron chi connectivity index (χ4n) is 3.09. The van der Waals surface area contributed by atoms with Gasteiger partial charge in [0.15, 0.2) is 0 Å². The van der Waals surface area contributed by atoms with Crippen molar-refractivity contribution >= 4 is 5.97 Å². The third kappa shape index (κ3) is 9.03. The maximum Gasteiger partial charge on any atom is 0.305 e. The molecule has 0 fully saturated rings. The number of nitrogens with zero attached hydrogens (tertiary/aromatic N) is 1. The summed E-state index contributed by atoms with van der Waals surface area (Å²) in [6, 6.07) is 9.78. The summed E-state index contributed by atoms with van der Waals surface area (Å²) in [6.07, 6.45) is 1.52. The van der Waals surface area contributed by atoms with E-state index >= 15 is 0 Å². The molecule has 1 aromatic rings. The molecule has 150 valence electrons. The number of carbonyl (C=O) groups excluding carboxylic acids is 1. The SMILES string of the molecule is COC(=O)CC[C@](COC(C)(C)C)(Cc1cccc(C#N)c1)NC(C)(C)C. The maximum atomic E-state index is 11.8. The van der Waals surface area contributed by atoms with Gasteiger partial charge in [0.1, 0.15) is 0 Å². The number of methoxy groups -OCH3 is 1. The minimum absolute atomic E-state index is 0.176. The van der Waals surface area contributed by atoms with E-state index in [1.807, 2.05) is 39.0 Å². The lowest BCUT2D eigenvalue weighted by Gasteiger charge is -2.42. The molecule has 1 N–H and O–H groups in total. The molecule has 0 radical (unpaired) electrons. The Labute approximate surface area is 164 Å². The van der Waals surface area contributed by atoms with E-state index in [0.29, 0.717) is 31.4 Å². The van der Waals surface area contributed by atoms with E-state index in [1.165, 1.54) is 7.11 Å². The molecule has 0 unspecified atom stereocenters. The molecule has 0 bridgehead atoms. The molecule has 0 aliphatic heterocycles. The summed E-state index contributed by atoms with van der Waals surface area (Å²) in [7, 11) is 1.41. The van der Waals surface area contributed by atoms with Gasteiger partial charge >= 0.3 is 5.97 Å². The number of nitrogens with one attached hydrogen (secondary N) is 1. The minimum Gasteiger partial charge on any atom is -0.469 e. The highest BCUT2D eigenvalue weighted by atomic mass is 16.5. The molecule has 1 atom stereocenters. The lowest BCUT2D eigenvalue weighted by atomic mass is 9.84. The monoisotopic (exact) mass is 374 g/mol. The Bertz CT molecular complexity index is 665. The first kappa shape index (κ1) is 23.1. The van der Waals surface area contributed by atoms with Gasteiger partial charge in [-0.15, -0.1) is 0 Å². The van der Waals surface area contributed by atoms with Crippen LogP contribution in [0.2, 0.25) is 0 Å². The topological polar surface area (TPSA) is 71.3 Å². The van der Waals surface area contributed by atoms with Crippen LogP contribution in [-0.2, 0) is 20.7 Å². The van der Waals surface area contributed by atoms with Crippen LogP contribution in [0.3, 0.4) is 0 Å². The molecule has 0 amide bonds. The second-order valence-electron chi connectivity index (χ2n) is 9.12. The lowest BCUT2D eigenvalue weighted by Crippen LogP contribution is -2.59. The van der Waals surface area contributed by atoms with Gasteiger partial charge in [-0.2, -0.15) is 5.26 Å². The van der Waals surface area contributed by atoms with Crippen molar-refractivity contribution in [1.29, 1.82) is 5.26 Å². The number of rotatable bonds is 8. The van der Waals surface area contributed by atoms with E-state index in [9.17, 15) is 10.1 Å². The Morgan fingerprint density at radius 3 is 2.37 bits per heavy atom. The largest absolute Gasteiger partial charge is 0.469 e. The van der Waals surface area contributed by atoms with Gasteiger partial charge < -0.3 is 14.8 Å². The summed E-state index contributed by atoms with van der Waals surface area (Å²) >= 11 is 0. The van der Waals surface area contributed by atoms with Crippen molar-refractivity contribution in [2.75, 3.05) is 13.7 Å². The smallest absolute Gasteiger partial charge is 0.305 e. The summed E-state index contributed by atoms with van der Waals surface area (Å²) in [5.74, 6) is -0.239. The Hall–Kier alpha value is -1.90.